The zero-order chi connectivity index (χ0) is 17.1. The smallest absolute Gasteiger partial charge is 0.251 e. The molecule has 25 heavy (non-hydrogen) atoms. The summed E-state index contributed by atoms with van der Waals surface area (Å²) < 4.78 is 5.46. The summed E-state index contributed by atoms with van der Waals surface area (Å²) in [4.78, 5) is 23.5. The Morgan fingerprint density at radius 1 is 1.36 bits per heavy atom. The molecule has 7 heteroatoms. The van der Waals surface area contributed by atoms with Crippen LogP contribution in [0.3, 0.4) is 0 Å². The van der Waals surface area contributed by atoms with E-state index in [4.69, 9.17) is 4.74 Å². The standard InChI is InChI=1S/C18H20N4O2S/c23-18(13-3-4-14-15(10-13)21-12-20-14)19-11-16(17-2-1-9-25-17)22-5-7-24-8-6-22/h1-4,9-10,12,16H,5-8,11H2,(H,19,23)(H,20,21)/t16-/m0/s1. The monoisotopic (exact) mass is 356 g/mol. The van der Waals surface area contributed by atoms with Gasteiger partial charge in [0.2, 0.25) is 0 Å². The third-order valence-electron chi connectivity index (χ3n) is 4.50. The van der Waals surface area contributed by atoms with E-state index in [9.17, 15) is 4.79 Å². The number of nitrogens with zero attached hydrogens (tertiary/aromatic N) is 2. The second kappa shape index (κ2) is 7.35. The van der Waals surface area contributed by atoms with Crippen molar-refractivity contribution in [2.75, 3.05) is 32.8 Å². The number of morpholine rings is 1. The summed E-state index contributed by atoms with van der Waals surface area (Å²) in [6, 6.07) is 9.89. The number of H-pyrrole nitrogens is 1. The van der Waals surface area contributed by atoms with Crippen molar-refractivity contribution in [3.8, 4) is 0 Å². The number of ether oxygens (including phenoxy) is 1. The largest absolute Gasteiger partial charge is 0.379 e. The average Bonchev–Trinajstić information content (AvgIpc) is 3.34. The summed E-state index contributed by atoms with van der Waals surface area (Å²) in [6.07, 6.45) is 1.64. The number of benzene rings is 1. The second-order valence-electron chi connectivity index (χ2n) is 6.02. The summed E-state index contributed by atoms with van der Waals surface area (Å²) in [5.74, 6) is -0.0636. The van der Waals surface area contributed by atoms with Gasteiger partial charge in [0.15, 0.2) is 0 Å². The van der Waals surface area contributed by atoms with E-state index in [2.05, 4.69) is 37.7 Å². The molecule has 130 valence electrons. The minimum atomic E-state index is -0.0636. The first-order valence-electron chi connectivity index (χ1n) is 8.38. The van der Waals surface area contributed by atoms with Crippen molar-refractivity contribution in [1.29, 1.82) is 0 Å². The van der Waals surface area contributed by atoms with Crippen molar-refractivity contribution >= 4 is 28.3 Å². The molecule has 1 aliphatic heterocycles. The third kappa shape index (κ3) is 3.58. The molecule has 1 atom stereocenters. The summed E-state index contributed by atoms with van der Waals surface area (Å²) in [5.41, 5.74) is 2.38. The highest BCUT2D eigenvalue weighted by atomic mass is 32.1. The average molecular weight is 356 g/mol. The lowest BCUT2D eigenvalue weighted by Gasteiger charge is -2.34. The van der Waals surface area contributed by atoms with Gasteiger partial charge in [-0.3, -0.25) is 9.69 Å². The molecule has 1 aromatic carbocycles. The number of fused-ring (bicyclic) bond motifs is 1. The van der Waals surface area contributed by atoms with Crippen LogP contribution in [-0.4, -0.2) is 53.6 Å². The first-order valence-corrected chi connectivity index (χ1v) is 9.26. The van der Waals surface area contributed by atoms with Gasteiger partial charge in [0.1, 0.15) is 0 Å². The molecule has 4 rings (SSSR count). The second-order valence-corrected chi connectivity index (χ2v) is 7.00. The molecule has 2 aromatic heterocycles. The van der Waals surface area contributed by atoms with Gasteiger partial charge in [-0.15, -0.1) is 11.3 Å². The van der Waals surface area contributed by atoms with Crippen molar-refractivity contribution in [3.05, 3.63) is 52.5 Å². The van der Waals surface area contributed by atoms with Crippen molar-refractivity contribution in [1.82, 2.24) is 20.2 Å². The number of aromatic nitrogens is 2. The van der Waals surface area contributed by atoms with Gasteiger partial charge in [-0.05, 0) is 29.6 Å². The quantitative estimate of drug-likeness (QED) is 0.737. The Balaban J connectivity index is 1.47. The predicted molar refractivity (Wildman–Crippen MR) is 97.9 cm³/mol. The van der Waals surface area contributed by atoms with Crippen LogP contribution in [0.25, 0.3) is 11.0 Å². The maximum Gasteiger partial charge on any atom is 0.251 e. The number of carbonyl (C=O) groups is 1. The van der Waals surface area contributed by atoms with Crippen molar-refractivity contribution in [2.45, 2.75) is 6.04 Å². The summed E-state index contributed by atoms with van der Waals surface area (Å²) >= 11 is 1.73. The van der Waals surface area contributed by atoms with Crippen LogP contribution in [0.4, 0.5) is 0 Å². The van der Waals surface area contributed by atoms with Gasteiger partial charge in [-0.25, -0.2) is 4.98 Å². The van der Waals surface area contributed by atoms with Gasteiger partial charge in [0.05, 0.1) is 36.6 Å². The number of nitrogens with one attached hydrogen (secondary N) is 2. The molecule has 6 nitrogen and oxygen atoms in total. The van der Waals surface area contributed by atoms with Crippen LogP contribution in [-0.2, 0) is 4.74 Å². The van der Waals surface area contributed by atoms with Gasteiger partial charge in [-0.2, -0.15) is 0 Å². The maximum absolute atomic E-state index is 12.6. The van der Waals surface area contributed by atoms with E-state index in [0.717, 1.165) is 37.3 Å². The molecular weight excluding hydrogens is 336 g/mol. The molecule has 2 N–H and O–H groups in total. The number of hydrogen-bond acceptors (Lipinski definition) is 5. The van der Waals surface area contributed by atoms with E-state index in [0.29, 0.717) is 12.1 Å². The van der Waals surface area contributed by atoms with Crippen LogP contribution >= 0.6 is 11.3 Å². The van der Waals surface area contributed by atoms with Crippen LogP contribution in [0.15, 0.2) is 42.0 Å². The van der Waals surface area contributed by atoms with Crippen LogP contribution in [0.5, 0.6) is 0 Å². The summed E-state index contributed by atoms with van der Waals surface area (Å²) in [7, 11) is 0. The third-order valence-corrected chi connectivity index (χ3v) is 5.47. The number of hydrogen-bond donors (Lipinski definition) is 2. The van der Waals surface area contributed by atoms with E-state index >= 15 is 0 Å². The number of imidazole rings is 1. The van der Waals surface area contributed by atoms with Gasteiger partial charge in [0, 0.05) is 30.1 Å². The molecule has 1 amide bonds. The lowest BCUT2D eigenvalue weighted by molar-refractivity contribution is 0.0169. The number of amides is 1. The molecule has 3 heterocycles. The van der Waals surface area contributed by atoms with Crippen LogP contribution < -0.4 is 5.32 Å². The lowest BCUT2D eigenvalue weighted by Crippen LogP contribution is -2.43. The Bertz CT molecular complexity index is 840. The van der Waals surface area contributed by atoms with E-state index in [1.807, 2.05) is 18.2 Å². The summed E-state index contributed by atoms with van der Waals surface area (Å²) in [5, 5.41) is 5.17. The van der Waals surface area contributed by atoms with Gasteiger partial charge in [0.25, 0.3) is 5.91 Å². The minimum absolute atomic E-state index is 0.0636. The molecule has 1 aliphatic rings. The molecule has 1 saturated heterocycles. The molecule has 0 saturated carbocycles. The molecule has 0 aliphatic carbocycles. The first kappa shape index (κ1) is 16.3. The number of rotatable bonds is 5. The van der Waals surface area contributed by atoms with Gasteiger partial charge >= 0.3 is 0 Å². The van der Waals surface area contributed by atoms with Crippen LogP contribution in [0.1, 0.15) is 21.3 Å². The maximum atomic E-state index is 12.6. The van der Waals surface area contributed by atoms with Crippen molar-refractivity contribution in [2.24, 2.45) is 0 Å². The normalized spacial score (nSPS) is 16.8. The van der Waals surface area contributed by atoms with E-state index in [1.54, 1.807) is 17.7 Å². The molecular formula is C18H20N4O2S. The zero-order valence-corrected chi connectivity index (χ0v) is 14.6. The molecule has 0 unspecified atom stereocenters. The number of aromatic amines is 1. The molecule has 0 spiro atoms. The van der Waals surface area contributed by atoms with Crippen LogP contribution in [0, 0.1) is 0 Å². The number of thiophene rings is 1. The highest BCUT2D eigenvalue weighted by Crippen LogP contribution is 2.25. The summed E-state index contributed by atoms with van der Waals surface area (Å²) in [6.45, 7) is 3.84. The van der Waals surface area contributed by atoms with Gasteiger partial charge in [-0.1, -0.05) is 6.07 Å². The zero-order valence-electron chi connectivity index (χ0n) is 13.8. The minimum Gasteiger partial charge on any atom is -0.379 e. The lowest BCUT2D eigenvalue weighted by atomic mass is 10.1. The molecule has 3 aromatic rings. The fourth-order valence-electron chi connectivity index (χ4n) is 3.15. The fourth-order valence-corrected chi connectivity index (χ4v) is 4.01. The first-order chi connectivity index (χ1) is 12.3. The molecule has 1 fully saturated rings. The fraction of sp³-hybridized carbons (Fsp3) is 0.333. The van der Waals surface area contributed by atoms with Crippen molar-refractivity contribution in [3.63, 3.8) is 0 Å². The van der Waals surface area contributed by atoms with Crippen molar-refractivity contribution < 1.29 is 9.53 Å². The predicted octanol–water partition coefficient (Wildman–Crippen LogP) is 2.43. The molecule has 0 bridgehead atoms. The Morgan fingerprint density at radius 3 is 3.04 bits per heavy atom. The van der Waals surface area contributed by atoms with E-state index in [-0.39, 0.29) is 11.9 Å². The SMILES string of the molecule is O=C(NC[C@@H](c1cccs1)N1CCOCC1)c1ccc2nc[nH]c2c1. The Labute approximate surface area is 149 Å². The Hall–Kier alpha value is -2.22. The Morgan fingerprint density at radius 2 is 2.24 bits per heavy atom. The van der Waals surface area contributed by atoms with E-state index in [1.165, 1.54) is 4.88 Å². The number of carbonyl (C=O) groups excluding carboxylic acids is 1. The molecule has 0 radical (unpaired) electrons. The van der Waals surface area contributed by atoms with Crippen LogP contribution in [0.2, 0.25) is 0 Å². The van der Waals surface area contributed by atoms with Gasteiger partial charge < -0.3 is 15.0 Å². The topological polar surface area (TPSA) is 70.2 Å². The Kier molecular flexibility index (Phi) is 4.78. The highest BCUT2D eigenvalue weighted by molar-refractivity contribution is 7.10. The highest BCUT2D eigenvalue weighted by Gasteiger charge is 2.24. The van der Waals surface area contributed by atoms with E-state index < -0.39 is 0 Å².